The van der Waals surface area contributed by atoms with Crippen molar-refractivity contribution in [1.29, 1.82) is 0 Å². The van der Waals surface area contributed by atoms with Gasteiger partial charge in [-0.15, -0.1) is 0 Å². The van der Waals surface area contributed by atoms with Crippen molar-refractivity contribution in [1.82, 2.24) is 4.98 Å². The van der Waals surface area contributed by atoms with Gasteiger partial charge in [0.25, 0.3) is 5.91 Å². The standard InChI is InChI=1S/C20H24ClN3O/c1-14-8-9-16(21)11-19(14)24-20(25)15-10-18(13-22-12-15)23-17-6-4-2-3-5-7-17/h8-13,17,23H,2-7H2,1H3,(H,24,25). The summed E-state index contributed by atoms with van der Waals surface area (Å²) in [4.78, 5) is 16.8. The van der Waals surface area contributed by atoms with Gasteiger partial charge in [0.1, 0.15) is 0 Å². The molecule has 1 amide bonds. The second kappa shape index (κ2) is 8.34. The fourth-order valence-corrected chi connectivity index (χ4v) is 3.40. The van der Waals surface area contributed by atoms with Gasteiger partial charge in [0, 0.05) is 29.1 Å². The third kappa shape index (κ3) is 4.95. The van der Waals surface area contributed by atoms with Crippen LogP contribution >= 0.6 is 11.6 Å². The fraction of sp³-hybridized carbons (Fsp3) is 0.400. The van der Waals surface area contributed by atoms with Crippen molar-refractivity contribution in [2.75, 3.05) is 10.6 Å². The average Bonchev–Trinajstić information content (AvgIpc) is 2.87. The highest BCUT2D eigenvalue weighted by Gasteiger charge is 2.14. The lowest BCUT2D eigenvalue weighted by Gasteiger charge is -2.17. The summed E-state index contributed by atoms with van der Waals surface area (Å²) in [6, 6.07) is 7.80. The van der Waals surface area contributed by atoms with Crippen LogP contribution in [0.25, 0.3) is 0 Å². The van der Waals surface area contributed by atoms with Crippen LogP contribution in [-0.4, -0.2) is 16.9 Å². The number of nitrogens with zero attached hydrogens (tertiary/aromatic N) is 1. The van der Waals surface area contributed by atoms with Gasteiger partial charge in [0.2, 0.25) is 0 Å². The molecule has 0 spiro atoms. The van der Waals surface area contributed by atoms with Gasteiger partial charge < -0.3 is 10.6 Å². The zero-order chi connectivity index (χ0) is 17.6. The molecule has 3 rings (SSSR count). The van der Waals surface area contributed by atoms with Crippen molar-refractivity contribution in [2.45, 2.75) is 51.5 Å². The molecule has 4 nitrogen and oxygen atoms in total. The van der Waals surface area contributed by atoms with Gasteiger partial charge >= 0.3 is 0 Å². The number of nitrogens with one attached hydrogen (secondary N) is 2. The van der Waals surface area contributed by atoms with Crippen LogP contribution in [0, 0.1) is 6.92 Å². The van der Waals surface area contributed by atoms with Gasteiger partial charge in [-0.1, -0.05) is 43.4 Å². The normalized spacial score (nSPS) is 15.4. The van der Waals surface area contributed by atoms with E-state index in [0.29, 0.717) is 16.6 Å². The summed E-state index contributed by atoms with van der Waals surface area (Å²) in [5.41, 5.74) is 3.14. The summed E-state index contributed by atoms with van der Waals surface area (Å²) >= 11 is 6.02. The van der Waals surface area contributed by atoms with E-state index in [1.807, 2.05) is 25.1 Å². The van der Waals surface area contributed by atoms with Crippen LogP contribution in [0.1, 0.15) is 54.4 Å². The maximum absolute atomic E-state index is 12.6. The predicted molar refractivity (Wildman–Crippen MR) is 103 cm³/mol. The van der Waals surface area contributed by atoms with Crippen LogP contribution in [0.3, 0.4) is 0 Å². The Kier molecular flexibility index (Phi) is 5.92. The van der Waals surface area contributed by atoms with Gasteiger partial charge in [-0.3, -0.25) is 9.78 Å². The number of halogens is 1. The summed E-state index contributed by atoms with van der Waals surface area (Å²) < 4.78 is 0. The number of carbonyl (C=O) groups is 1. The van der Waals surface area contributed by atoms with Crippen molar-refractivity contribution >= 4 is 28.9 Å². The van der Waals surface area contributed by atoms with Crippen molar-refractivity contribution in [3.05, 3.63) is 52.8 Å². The third-order valence-corrected chi connectivity index (χ3v) is 4.91. The molecule has 0 unspecified atom stereocenters. The first-order valence-corrected chi connectivity index (χ1v) is 9.29. The van der Waals surface area contributed by atoms with E-state index in [4.69, 9.17) is 11.6 Å². The number of rotatable bonds is 4. The topological polar surface area (TPSA) is 54.0 Å². The zero-order valence-corrected chi connectivity index (χ0v) is 15.3. The van der Waals surface area contributed by atoms with Crippen molar-refractivity contribution in [3.63, 3.8) is 0 Å². The molecular formula is C20H24ClN3O. The summed E-state index contributed by atoms with van der Waals surface area (Å²) in [7, 11) is 0. The Hall–Kier alpha value is -2.07. The highest BCUT2D eigenvalue weighted by atomic mass is 35.5. The van der Waals surface area contributed by atoms with E-state index in [9.17, 15) is 4.79 Å². The predicted octanol–water partition coefficient (Wildman–Crippen LogP) is 5.43. The number of benzene rings is 1. The first-order chi connectivity index (χ1) is 12.1. The van der Waals surface area contributed by atoms with Crippen LogP contribution < -0.4 is 10.6 Å². The molecule has 1 aromatic heterocycles. The van der Waals surface area contributed by atoms with E-state index in [1.54, 1.807) is 18.5 Å². The van der Waals surface area contributed by atoms with E-state index in [1.165, 1.54) is 38.5 Å². The molecule has 1 aliphatic carbocycles. The summed E-state index contributed by atoms with van der Waals surface area (Å²) in [5.74, 6) is -0.178. The number of hydrogen-bond donors (Lipinski definition) is 2. The number of anilines is 2. The quantitative estimate of drug-likeness (QED) is 0.717. The molecule has 1 saturated carbocycles. The van der Waals surface area contributed by atoms with E-state index < -0.39 is 0 Å². The molecule has 1 aromatic carbocycles. The largest absolute Gasteiger partial charge is 0.381 e. The summed E-state index contributed by atoms with van der Waals surface area (Å²) in [5, 5.41) is 7.05. The van der Waals surface area contributed by atoms with Gasteiger partial charge in [-0.2, -0.15) is 0 Å². The second-order valence-corrected chi connectivity index (χ2v) is 7.14. The lowest BCUT2D eigenvalue weighted by atomic mass is 10.1. The summed E-state index contributed by atoms with van der Waals surface area (Å²) in [6.07, 6.45) is 10.9. The average molecular weight is 358 g/mol. The molecule has 0 aliphatic heterocycles. The van der Waals surface area contributed by atoms with Crippen molar-refractivity contribution < 1.29 is 4.79 Å². The molecule has 25 heavy (non-hydrogen) atoms. The Labute approximate surface area is 154 Å². The second-order valence-electron chi connectivity index (χ2n) is 6.71. The molecule has 0 bridgehead atoms. The van der Waals surface area contributed by atoms with Gasteiger partial charge in [-0.25, -0.2) is 0 Å². The Morgan fingerprint density at radius 3 is 2.64 bits per heavy atom. The van der Waals surface area contributed by atoms with E-state index >= 15 is 0 Å². The molecule has 0 saturated heterocycles. The van der Waals surface area contributed by atoms with Crippen molar-refractivity contribution in [3.8, 4) is 0 Å². The minimum absolute atomic E-state index is 0.178. The van der Waals surface area contributed by atoms with Crippen LogP contribution in [0.5, 0.6) is 0 Å². The third-order valence-electron chi connectivity index (χ3n) is 4.67. The van der Waals surface area contributed by atoms with Gasteiger partial charge in [-0.05, 0) is 43.5 Å². The minimum atomic E-state index is -0.178. The molecule has 1 fully saturated rings. The number of aryl methyl sites for hydroxylation is 1. The number of pyridine rings is 1. The molecule has 5 heteroatoms. The van der Waals surface area contributed by atoms with Gasteiger partial charge in [0.15, 0.2) is 0 Å². The smallest absolute Gasteiger partial charge is 0.257 e. The van der Waals surface area contributed by atoms with Crippen molar-refractivity contribution in [2.24, 2.45) is 0 Å². The highest BCUT2D eigenvalue weighted by molar-refractivity contribution is 6.31. The SMILES string of the molecule is Cc1ccc(Cl)cc1NC(=O)c1cncc(NC2CCCCCC2)c1. The maximum atomic E-state index is 12.6. The van der Waals surface area contributed by atoms with Crippen LogP contribution in [-0.2, 0) is 0 Å². The molecule has 1 heterocycles. The lowest BCUT2D eigenvalue weighted by molar-refractivity contribution is 0.102. The summed E-state index contributed by atoms with van der Waals surface area (Å²) in [6.45, 7) is 1.94. The molecule has 1 aliphatic rings. The van der Waals surface area contributed by atoms with Crippen LogP contribution in [0.2, 0.25) is 5.02 Å². The Morgan fingerprint density at radius 1 is 1.12 bits per heavy atom. The van der Waals surface area contributed by atoms with Crippen LogP contribution in [0.15, 0.2) is 36.7 Å². The van der Waals surface area contributed by atoms with E-state index in [0.717, 1.165) is 16.9 Å². The minimum Gasteiger partial charge on any atom is -0.381 e. The number of carbonyl (C=O) groups excluding carboxylic acids is 1. The first-order valence-electron chi connectivity index (χ1n) is 8.91. The first kappa shape index (κ1) is 17.7. The number of aromatic nitrogens is 1. The lowest BCUT2D eigenvalue weighted by Crippen LogP contribution is -2.19. The molecule has 2 N–H and O–H groups in total. The molecule has 0 atom stereocenters. The fourth-order valence-electron chi connectivity index (χ4n) is 3.23. The van der Waals surface area contributed by atoms with E-state index in [2.05, 4.69) is 15.6 Å². The number of amides is 1. The Bertz CT molecular complexity index is 739. The maximum Gasteiger partial charge on any atom is 0.257 e. The highest BCUT2D eigenvalue weighted by Crippen LogP contribution is 2.23. The van der Waals surface area contributed by atoms with Crippen LogP contribution in [0.4, 0.5) is 11.4 Å². The molecule has 2 aromatic rings. The van der Waals surface area contributed by atoms with E-state index in [-0.39, 0.29) is 5.91 Å². The Balaban J connectivity index is 1.69. The number of hydrogen-bond acceptors (Lipinski definition) is 3. The molecule has 0 radical (unpaired) electrons. The molecule has 132 valence electrons. The molecular weight excluding hydrogens is 334 g/mol. The zero-order valence-electron chi connectivity index (χ0n) is 14.5. The monoisotopic (exact) mass is 357 g/mol. The van der Waals surface area contributed by atoms with Gasteiger partial charge in [0.05, 0.1) is 11.3 Å². The Morgan fingerprint density at radius 2 is 1.88 bits per heavy atom.